The zero-order valence-corrected chi connectivity index (χ0v) is 12.3. The Bertz CT molecular complexity index is 584. The summed E-state index contributed by atoms with van der Waals surface area (Å²) in [6, 6.07) is 8.92. The smallest absolute Gasteiger partial charge is 0.408 e. The molecule has 0 saturated heterocycles. The van der Waals surface area contributed by atoms with Crippen molar-refractivity contribution < 1.29 is 27.9 Å². The van der Waals surface area contributed by atoms with E-state index in [-0.39, 0.29) is 6.61 Å². The number of carboxylic acids is 1. The van der Waals surface area contributed by atoms with Gasteiger partial charge in [0.2, 0.25) is 0 Å². The third kappa shape index (κ3) is 6.75. The van der Waals surface area contributed by atoms with Crippen LogP contribution in [-0.4, -0.2) is 37.2 Å². The average molecular weight is 315 g/mol. The van der Waals surface area contributed by atoms with E-state index in [0.29, 0.717) is 0 Å². The van der Waals surface area contributed by atoms with Crippen LogP contribution < -0.4 is 5.32 Å². The zero-order chi connectivity index (χ0) is 15.9. The molecule has 2 N–H and O–H groups in total. The molecule has 0 radical (unpaired) electrons. The zero-order valence-electron chi connectivity index (χ0n) is 11.5. The number of hydrogen-bond acceptors (Lipinski definition) is 5. The second-order valence-corrected chi connectivity index (χ2v) is 6.64. The minimum Gasteiger partial charge on any atom is -0.481 e. The number of carbonyl (C=O) groups excluding carboxylic acids is 1. The summed E-state index contributed by atoms with van der Waals surface area (Å²) in [5.41, 5.74) is 0.773. The molecule has 1 aromatic carbocycles. The summed E-state index contributed by atoms with van der Waals surface area (Å²) in [4.78, 5) is 22.0. The van der Waals surface area contributed by atoms with E-state index in [0.717, 1.165) is 5.56 Å². The summed E-state index contributed by atoms with van der Waals surface area (Å²) in [5, 5.41) is 10.8. The Morgan fingerprint density at radius 2 is 1.90 bits per heavy atom. The maximum absolute atomic E-state index is 11.6. The predicted octanol–water partition coefficient (Wildman–Crippen LogP) is 1.01. The molecule has 0 aliphatic rings. The van der Waals surface area contributed by atoms with Gasteiger partial charge >= 0.3 is 12.1 Å². The molecule has 1 amide bonds. The molecule has 1 unspecified atom stereocenters. The van der Waals surface area contributed by atoms with Crippen molar-refractivity contribution in [2.45, 2.75) is 13.5 Å². The first-order chi connectivity index (χ1) is 9.80. The van der Waals surface area contributed by atoms with E-state index in [1.807, 2.05) is 6.07 Å². The molecule has 1 atom stereocenters. The van der Waals surface area contributed by atoms with Gasteiger partial charge < -0.3 is 15.2 Å². The molecular weight excluding hydrogens is 298 g/mol. The highest BCUT2D eigenvalue weighted by molar-refractivity contribution is 7.91. The molecule has 0 bridgehead atoms. The van der Waals surface area contributed by atoms with Crippen molar-refractivity contribution in [3.05, 3.63) is 35.9 Å². The van der Waals surface area contributed by atoms with E-state index in [1.54, 1.807) is 24.3 Å². The van der Waals surface area contributed by atoms with Crippen LogP contribution in [-0.2, 0) is 26.0 Å². The van der Waals surface area contributed by atoms with Crippen LogP contribution in [0.4, 0.5) is 4.79 Å². The van der Waals surface area contributed by atoms with Crippen LogP contribution in [0.15, 0.2) is 30.3 Å². The maximum atomic E-state index is 11.6. The van der Waals surface area contributed by atoms with Crippen molar-refractivity contribution in [3.8, 4) is 0 Å². The summed E-state index contributed by atoms with van der Waals surface area (Å²) < 4.78 is 28.0. The molecule has 0 spiro atoms. The van der Waals surface area contributed by atoms with Gasteiger partial charge in [-0.05, 0) is 5.56 Å². The lowest BCUT2D eigenvalue weighted by Crippen LogP contribution is -2.33. The van der Waals surface area contributed by atoms with Gasteiger partial charge in [0.05, 0.1) is 11.7 Å². The highest BCUT2D eigenvalue weighted by Crippen LogP contribution is 2.03. The highest BCUT2D eigenvalue weighted by atomic mass is 32.2. The first kappa shape index (κ1) is 17.0. The molecule has 0 heterocycles. The SMILES string of the molecule is CC(CS(=O)(=O)CNC(=O)OCc1ccccc1)C(=O)O. The van der Waals surface area contributed by atoms with Gasteiger partial charge in [0.15, 0.2) is 9.84 Å². The van der Waals surface area contributed by atoms with Crippen LogP contribution in [0, 0.1) is 5.92 Å². The van der Waals surface area contributed by atoms with Crippen LogP contribution >= 0.6 is 0 Å². The number of rotatable bonds is 7. The number of aliphatic carboxylic acids is 1. The summed E-state index contributed by atoms with van der Waals surface area (Å²) in [6.07, 6.45) is -0.870. The van der Waals surface area contributed by atoms with E-state index in [4.69, 9.17) is 9.84 Å². The van der Waals surface area contributed by atoms with Crippen molar-refractivity contribution in [2.75, 3.05) is 11.6 Å². The molecule has 0 saturated carbocycles. The standard InChI is InChI=1S/C13H17NO6S/c1-10(12(15)16)8-21(18,19)9-14-13(17)20-7-11-5-3-2-4-6-11/h2-6,10H,7-9H2,1H3,(H,14,17)(H,15,16). The molecule has 1 rings (SSSR count). The lowest BCUT2D eigenvalue weighted by atomic mass is 10.2. The van der Waals surface area contributed by atoms with Crippen LogP contribution in [0.5, 0.6) is 0 Å². The van der Waals surface area contributed by atoms with Crippen molar-refractivity contribution in [1.82, 2.24) is 5.32 Å². The Balaban J connectivity index is 2.37. The largest absolute Gasteiger partial charge is 0.481 e. The van der Waals surface area contributed by atoms with Crippen molar-refractivity contribution in [2.24, 2.45) is 5.92 Å². The van der Waals surface area contributed by atoms with E-state index in [2.05, 4.69) is 5.32 Å². The van der Waals surface area contributed by atoms with E-state index in [9.17, 15) is 18.0 Å². The van der Waals surface area contributed by atoms with Gasteiger partial charge in [-0.25, -0.2) is 13.2 Å². The summed E-state index contributed by atoms with van der Waals surface area (Å²) in [5.74, 6) is -3.43. The number of alkyl carbamates (subject to hydrolysis) is 1. The molecule has 7 nitrogen and oxygen atoms in total. The molecule has 0 fully saturated rings. The number of hydrogen-bond donors (Lipinski definition) is 2. The molecule has 116 valence electrons. The Morgan fingerprint density at radius 3 is 2.48 bits per heavy atom. The molecule has 0 aliphatic carbocycles. The third-order valence-electron chi connectivity index (χ3n) is 2.57. The molecule has 0 aliphatic heterocycles. The lowest BCUT2D eigenvalue weighted by Gasteiger charge is -2.09. The average Bonchev–Trinajstić information content (AvgIpc) is 2.43. The summed E-state index contributed by atoms with van der Waals surface area (Å²) in [7, 11) is -3.70. The number of carbonyl (C=O) groups is 2. The van der Waals surface area contributed by atoms with Gasteiger partial charge in [-0.3, -0.25) is 4.79 Å². The Kier molecular flexibility index (Phi) is 6.16. The van der Waals surface area contributed by atoms with Crippen LogP contribution in [0.3, 0.4) is 0 Å². The Morgan fingerprint density at radius 1 is 1.29 bits per heavy atom. The number of benzene rings is 1. The minimum absolute atomic E-state index is 0.0260. The minimum atomic E-state index is -3.70. The number of ether oxygens (including phenoxy) is 1. The molecule has 0 aromatic heterocycles. The van der Waals surface area contributed by atoms with Crippen LogP contribution in [0.2, 0.25) is 0 Å². The molecular formula is C13H17NO6S. The number of amides is 1. The van der Waals surface area contributed by atoms with Gasteiger partial charge in [-0.1, -0.05) is 37.3 Å². The van der Waals surface area contributed by atoms with Crippen LogP contribution in [0.1, 0.15) is 12.5 Å². The normalized spacial score (nSPS) is 12.4. The van der Waals surface area contributed by atoms with Gasteiger partial charge in [-0.15, -0.1) is 0 Å². The Hall–Kier alpha value is -2.09. The quantitative estimate of drug-likeness (QED) is 0.777. The number of nitrogens with one attached hydrogen (secondary N) is 1. The monoisotopic (exact) mass is 315 g/mol. The van der Waals surface area contributed by atoms with E-state index < -0.39 is 39.4 Å². The predicted molar refractivity (Wildman–Crippen MR) is 75.2 cm³/mol. The molecule has 21 heavy (non-hydrogen) atoms. The fourth-order valence-corrected chi connectivity index (χ4v) is 2.81. The van der Waals surface area contributed by atoms with Crippen molar-refractivity contribution in [1.29, 1.82) is 0 Å². The second kappa shape index (κ2) is 7.63. The third-order valence-corrected chi connectivity index (χ3v) is 4.17. The first-order valence-corrected chi connectivity index (χ1v) is 8.00. The van der Waals surface area contributed by atoms with Crippen LogP contribution in [0.25, 0.3) is 0 Å². The number of sulfone groups is 1. The van der Waals surface area contributed by atoms with E-state index in [1.165, 1.54) is 6.92 Å². The molecule has 8 heteroatoms. The van der Waals surface area contributed by atoms with Gasteiger partial charge in [0, 0.05) is 0 Å². The Labute approximate surface area is 122 Å². The van der Waals surface area contributed by atoms with Crippen molar-refractivity contribution >= 4 is 21.9 Å². The van der Waals surface area contributed by atoms with Crippen molar-refractivity contribution in [3.63, 3.8) is 0 Å². The number of carboxylic acid groups (broad SMARTS) is 1. The summed E-state index contributed by atoms with van der Waals surface area (Å²) in [6.45, 7) is 1.31. The van der Waals surface area contributed by atoms with Gasteiger partial charge in [0.1, 0.15) is 12.5 Å². The van der Waals surface area contributed by atoms with Gasteiger partial charge in [0.25, 0.3) is 0 Å². The first-order valence-electron chi connectivity index (χ1n) is 6.18. The lowest BCUT2D eigenvalue weighted by molar-refractivity contribution is -0.140. The summed E-state index contributed by atoms with van der Waals surface area (Å²) >= 11 is 0. The topological polar surface area (TPSA) is 110 Å². The fraction of sp³-hybridized carbons (Fsp3) is 0.385. The highest BCUT2D eigenvalue weighted by Gasteiger charge is 2.21. The molecule has 1 aromatic rings. The second-order valence-electron chi connectivity index (χ2n) is 4.53. The van der Waals surface area contributed by atoms with E-state index >= 15 is 0 Å². The fourth-order valence-electron chi connectivity index (χ4n) is 1.45. The van der Waals surface area contributed by atoms with Gasteiger partial charge in [-0.2, -0.15) is 0 Å². The maximum Gasteiger partial charge on any atom is 0.408 e.